The van der Waals surface area contributed by atoms with Crippen molar-refractivity contribution in [1.82, 2.24) is 5.32 Å². The quantitative estimate of drug-likeness (QED) is 0.832. The van der Waals surface area contributed by atoms with Crippen LogP contribution in [-0.4, -0.2) is 18.0 Å². The average Bonchev–Trinajstić information content (AvgIpc) is 2.41. The molecule has 0 aromatic heterocycles. The molecule has 0 saturated carbocycles. The number of rotatable bonds is 4. The number of carbonyl (C=O) groups excluding carboxylic acids is 2. The number of alkyl halides is 3. The molecule has 0 fully saturated rings. The minimum Gasteiger partial charge on any atom is -0.348 e. The Hall–Kier alpha value is -2.31. The van der Waals surface area contributed by atoms with E-state index in [4.69, 9.17) is 0 Å². The molecule has 0 radical (unpaired) electrons. The van der Waals surface area contributed by atoms with Gasteiger partial charge in [0.1, 0.15) is 0 Å². The fourth-order valence-electron chi connectivity index (χ4n) is 1.53. The second-order valence-electron chi connectivity index (χ2n) is 6.07. The maximum absolute atomic E-state index is 12.2. The number of benzene rings is 1. The van der Waals surface area contributed by atoms with Crippen molar-refractivity contribution in [2.45, 2.75) is 33.5 Å². The highest BCUT2D eigenvalue weighted by molar-refractivity contribution is 5.95. The number of anilines is 1. The zero-order valence-electron chi connectivity index (χ0n) is 13.1. The smallest absolute Gasteiger partial charge is 0.348 e. The van der Waals surface area contributed by atoms with Gasteiger partial charge in [0.2, 0.25) is 5.91 Å². The molecule has 0 unspecified atom stereocenters. The lowest BCUT2D eigenvalue weighted by molar-refractivity contribution is -0.167. The summed E-state index contributed by atoms with van der Waals surface area (Å²) < 4.78 is 36.6. The molecule has 1 rings (SSSR count). The molecule has 4 nitrogen and oxygen atoms in total. The van der Waals surface area contributed by atoms with Crippen LogP contribution < -0.4 is 10.6 Å². The Bertz CT molecular complexity index is 602. The first kappa shape index (κ1) is 18.7. The molecular formula is C16H19F3N2O2. The SMILES string of the molecule is CC(C)(C)/C=C/C(=O)NCc1cccc(NC(=O)C(F)(F)F)c1. The lowest BCUT2D eigenvalue weighted by atomic mass is 9.96. The van der Waals surface area contributed by atoms with Crippen LogP contribution in [0.4, 0.5) is 18.9 Å². The third-order valence-electron chi connectivity index (χ3n) is 2.64. The average molecular weight is 328 g/mol. The van der Waals surface area contributed by atoms with E-state index < -0.39 is 12.1 Å². The van der Waals surface area contributed by atoms with Gasteiger partial charge in [-0.3, -0.25) is 9.59 Å². The highest BCUT2D eigenvalue weighted by Crippen LogP contribution is 2.19. The monoisotopic (exact) mass is 328 g/mol. The van der Waals surface area contributed by atoms with E-state index in [9.17, 15) is 22.8 Å². The Kier molecular flexibility index (Phi) is 5.95. The van der Waals surface area contributed by atoms with Crippen molar-refractivity contribution in [3.05, 3.63) is 42.0 Å². The van der Waals surface area contributed by atoms with E-state index in [0.29, 0.717) is 5.56 Å². The van der Waals surface area contributed by atoms with Gasteiger partial charge in [0.25, 0.3) is 0 Å². The standard InChI is InChI=1S/C16H19F3N2O2/c1-15(2,3)8-7-13(22)20-10-11-5-4-6-12(9-11)21-14(23)16(17,18)19/h4-9H,10H2,1-3H3,(H,20,22)(H,21,23)/b8-7+. The first-order chi connectivity index (χ1) is 10.5. The van der Waals surface area contributed by atoms with Crippen molar-refractivity contribution in [3.63, 3.8) is 0 Å². The lowest BCUT2D eigenvalue weighted by Gasteiger charge is -2.11. The maximum atomic E-state index is 12.2. The normalized spacial score (nSPS) is 12.3. The van der Waals surface area contributed by atoms with E-state index in [-0.39, 0.29) is 23.6 Å². The van der Waals surface area contributed by atoms with Crippen molar-refractivity contribution < 1.29 is 22.8 Å². The van der Waals surface area contributed by atoms with Crippen molar-refractivity contribution in [2.75, 3.05) is 5.32 Å². The van der Waals surface area contributed by atoms with E-state index in [0.717, 1.165) is 0 Å². The lowest BCUT2D eigenvalue weighted by Crippen LogP contribution is -2.30. The van der Waals surface area contributed by atoms with E-state index in [1.165, 1.54) is 24.3 Å². The van der Waals surface area contributed by atoms with Crippen LogP contribution in [0.2, 0.25) is 0 Å². The van der Waals surface area contributed by atoms with Crippen LogP contribution in [0.25, 0.3) is 0 Å². The molecule has 0 atom stereocenters. The molecular weight excluding hydrogens is 309 g/mol. The van der Waals surface area contributed by atoms with Gasteiger partial charge >= 0.3 is 12.1 Å². The number of nitrogens with one attached hydrogen (secondary N) is 2. The summed E-state index contributed by atoms with van der Waals surface area (Å²) in [5.74, 6) is -2.34. The fourth-order valence-corrected chi connectivity index (χ4v) is 1.53. The van der Waals surface area contributed by atoms with E-state index >= 15 is 0 Å². The van der Waals surface area contributed by atoms with E-state index in [2.05, 4.69) is 5.32 Å². The predicted octanol–water partition coefficient (Wildman–Crippen LogP) is 3.41. The van der Waals surface area contributed by atoms with Crippen LogP contribution in [0.15, 0.2) is 36.4 Å². The summed E-state index contributed by atoms with van der Waals surface area (Å²) >= 11 is 0. The Labute approximate surface area is 132 Å². The first-order valence-corrected chi connectivity index (χ1v) is 6.91. The Morgan fingerprint density at radius 1 is 1.17 bits per heavy atom. The van der Waals surface area contributed by atoms with Crippen molar-refractivity contribution in [1.29, 1.82) is 0 Å². The van der Waals surface area contributed by atoms with Crippen LogP contribution in [0.3, 0.4) is 0 Å². The molecule has 2 amide bonds. The van der Waals surface area contributed by atoms with Crippen molar-refractivity contribution in [2.24, 2.45) is 5.41 Å². The van der Waals surface area contributed by atoms with E-state index in [1.54, 1.807) is 17.5 Å². The van der Waals surface area contributed by atoms with Gasteiger partial charge in [-0.25, -0.2) is 0 Å². The first-order valence-electron chi connectivity index (χ1n) is 6.91. The predicted molar refractivity (Wildman–Crippen MR) is 81.6 cm³/mol. The van der Waals surface area contributed by atoms with Gasteiger partial charge in [0, 0.05) is 12.2 Å². The van der Waals surface area contributed by atoms with Gasteiger partial charge in [-0.1, -0.05) is 39.0 Å². The molecule has 126 valence electrons. The molecule has 1 aromatic rings. The van der Waals surface area contributed by atoms with Crippen LogP contribution in [0.1, 0.15) is 26.3 Å². The Balaban J connectivity index is 2.63. The van der Waals surface area contributed by atoms with Crippen LogP contribution in [0, 0.1) is 5.41 Å². The molecule has 1 aromatic carbocycles. The summed E-state index contributed by atoms with van der Waals surface area (Å²) in [7, 11) is 0. The summed E-state index contributed by atoms with van der Waals surface area (Å²) in [4.78, 5) is 22.5. The highest BCUT2D eigenvalue weighted by Gasteiger charge is 2.38. The molecule has 0 heterocycles. The zero-order chi connectivity index (χ0) is 17.7. The van der Waals surface area contributed by atoms with Crippen LogP contribution >= 0.6 is 0 Å². The fraction of sp³-hybridized carbons (Fsp3) is 0.375. The summed E-state index contributed by atoms with van der Waals surface area (Å²) in [6, 6.07) is 5.85. The number of allylic oxidation sites excluding steroid dienone is 1. The van der Waals surface area contributed by atoms with Gasteiger partial charge in [0.15, 0.2) is 0 Å². The second-order valence-corrected chi connectivity index (χ2v) is 6.07. The maximum Gasteiger partial charge on any atom is 0.471 e. The molecule has 2 N–H and O–H groups in total. The molecule has 0 aliphatic carbocycles. The van der Waals surface area contributed by atoms with Crippen molar-refractivity contribution >= 4 is 17.5 Å². The molecule has 0 spiro atoms. The number of hydrogen-bond acceptors (Lipinski definition) is 2. The summed E-state index contributed by atoms with van der Waals surface area (Å²) in [6.07, 6.45) is -1.78. The molecule has 7 heteroatoms. The largest absolute Gasteiger partial charge is 0.471 e. The van der Waals surface area contributed by atoms with Crippen molar-refractivity contribution in [3.8, 4) is 0 Å². The summed E-state index contributed by atoms with van der Waals surface area (Å²) in [6.45, 7) is 5.99. The Morgan fingerprint density at radius 2 is 1.83 bits per heavy atom. The van der Waals surface area contributed by atoms with E-state index in [1.807, 2.05) is 20.8 Å². The molecule has 0 saturated heterocycles. The zero-order valence-corrected chi connectivity index (χ0v) is 13.1. The minimum absolute atomic E-state index is 0.0179. The number of halogens is 3. The number of amides is 2. The van der Waals surface area contributed by atoms with Gasteiger partial charge in [-0.05, 0) is 29.2 Å². The molecule has 23 heavy (non-hydrogen) atoms. The summed E-state index contributed by atoms with van der Waals surface area (Å²) in [5, 5.41) is 4.39. The number of hydrogen-bond donors (Lipinski definition) is 2. The minimum atomic E-state index is -4.94. The van der Waals surface area contributed by atoms with Crippen LogP contribution in [-0.2, 0) is 16.1 Å². The molecule has 0 bridgehead atoms. The topological polar surface area (TPSA) is 58.2 Å². The van der Waals surface area contributed by atoms with Crippen LogP contribution in [0.5, 0.6) is 0 Å². The summed E-state index contributed by atoms with van der Waals surface area (Å²) in [5.41, 5.74) is 0.464. The Morgan fingerprint density at radius 3 is 2.39 bits per heavy atom. The second kappa shape index (κ2) is 7.30. The highest BCUT2D eigenvalue weighted by atomic mass is 19.4. The molecule has 0 aliphatic heterocycles. The van der Waals surface area contributed by atoms with Gasteiger partial charge < -0.3 is 10.6 Å². The third-order valence-corrected chi connectivity index (χ3v) is 2.64. The number of carbonyl (C=O) groups is 2. The molecule has 0 aliphatic rings. The van der Waals surface area contributed by atoms with Gasteiger partial charge in [0.05, 0.1) is 0 Å². The van der Waals surface area contributed by atoms with Gasteiger partial charge in [-0.15, -0.1) is 0 Å². The third kappa shape index (κ3) is 7.49. The van der Waals surface area contributed by atoms with Gasteiger partial charge in [-0.2, -0.15) is 13.2 Å².